The van der Waals surface area contributed by atoms with Gasteiger partial charge in [0.2, 0.25) is 0 Å². The normalized spacial score (nSPS) is 10.8. The molecule has 3 rings (SSSR count). The standard InChI is InChI=1S/C25H24FNO5/c1-17-5-4-6-23(18(17)2)31-16-25(28)32-27-14-19-7-12-24(29-3)20(13-19)15-30-22-10-8-21(26)9-11-22/h4-14H,15-16H2,1-3H3/b27-14+. The van der Waals surface area contributed by atoms with Gasteiger partial charge in [-0.1, -0.05) is 17.3 Å². The molecule has 0 bridgehead atoms. The lowest BCUT2D eigenvalue weighted by Gasteiger charge is -2.11. The highest BCUT2D eigenvalue weighted by molar-refractivity contribution is 5.81. The van der Waals surface area contributed by atoms with Crippen molar-refractivity contribution in [2.24, 2.45) is 5.16 Å². The predicted octanol–water partition coefficient (Wildman–Crippen LogP) is 4.99. The zero-order valence-electron chi connectivity index (χ0n) is 18.1. The minimum atomic E-state index is -0.615. The van der Waals surface area contributed by atoms with E-state index < -0.39 is 5.97 Å². The Labute approximate surface area is 186 Å². The van der Waals surface area contributed by atoms with Crippen LogP contribution in [0, 0.1) is 19.7 Å². The van der Waals surface area contributed by atoms with E-state index in [9.17, 15) is 9.18 Å². The van der Waals surface area contributed by atoms with E-state index in [1.165, 1.54) is 18.3 Å². The van der Waals surface area contributed by atoms with Crippen LogP contribution < -0.4 is 14.2 Å². The lowest BCUT2D eigenvalue weighted by atomic mass is 10.1. The molecule has 6 nitrogen and oxygen atoms in total. The average Bonchev–Trinajstić information content (AvgIpc) is 2.80. The molecule has 0 saturated heterocycles. The molecular formula is C25H24FNO5. The van der Waals surface area contributed by atoms with Gasteiger partial charge in [-0.05, 0) is 79.1 Å². The second kappa shape index (κ2) is 10.9. The Hall–Kier alpha value is -3.87. The summed E-state index contributed by atoms with van der Waals surface area (Å²) in [6.07, 6.45) is 1.41. The summed E-state index contributed by atoms with van der Waals surface area (Å²) in [5.74, 6) is 0.845. The summed E-state index contributed by atoms with van der Waals surface area (Å²) in [5, 5.41) is 3.74. The third-order valence-corrected chi connectivity index (χ3v) is 4.77. The molecule has 32 heavy (non-hydrogen) atoms. The first kappa shape index (κ1) is 22.8. The molecule has 0 amide bonds. The van der Waals surface area contributed by atoms with Crippen molar-refractivity contribution in [1.29, 1.82) is 0 Å². The van der Waals surface area contributed by atoms with Gasteiger partial charge in [-0.2, -0.15) is 0 Å². The fourth-order valence-electron chi connectivity index (χ4n) is 2.87. The Morgan fingerprint density at radius 3 is 2.53 bits per heavy atom. The SMILES string of the molecule is COc1ccc(/C=N/OC(=O)COc2cccc(C)c2C)cc1COc1ccc(F)cc1. The molecule has 0 radical (unpaired) electrons. The van der Waals surface area contributed by atoms with Gasteiger partial charge in [0.05, 0.1) is 13.3 Å². The molecule has 0 N–H and O–H groups in total. The maximum Gasteiger partial charge on any atom is 0.372 e. The van der Waals surface area contributed by atoms with Crippen LogP contribution in [0.15, 0.2) is 65.8 Å². The number of hydrogen-bond acceptors (Lipinski definition) is 6. The number of halogens is 1. The van der Waals surface area contributed by atoms with Crippen molar-refractivity contribution in [3.63, 3.8) is 0 Å². The Morgan fingerprint density at radius 1 is 1.00 bits per heavy atom. The van der Waals surface area contributed by atoms with Gasteiger partial charge in [0.15, 0.2) is 6.61 Å². The fourth-order valence-corrected chi connectivity index (χ4v) is 2.87. The molecular weight excluding hydrogens is 413 g/mol. The van der Waals surface area contributed by atoms with Crippen molar-refractivity contribution in [1.82, 2.24) is 0 Å². The molecule has 166 valence electrons. The molecule has 0 unspecified atom stereocenters. The van der Waals surface area contributed by atoms with E-state index >= 15 is 0 Å². The van der Waals surface area contributed by atoms with Crippen molar-refractivity contribution in [3.8, 4) is 17.2 Å². The molecule has 0 fully saturated rings. The second-order valence-corrected chi connectivity index (χ2v) is 7.00. The fraction of sp³-hybridized carbons (Fsp3) is 0.200. The van der Waals surface area contributed by atoms with E-state index in [1.807, 2.05) is 26.0 Å². The van der Waals surface area contributed by atoms with Gasteiger partial charge < -0.3 is 19.0 Å². The number of carbonyl (C=O) groups excluding carboxylic acids is 1. The molecule has 0 spiro atoms. The number of nitrogens with zero attached hydrogens (tertiary/aromatic N) is 1. The highest BCUT2D eigenvalue weighted by atomic mass is 19.1. The van der Waals surface area contributed by atoms with Gasteiger partial charge >= 0.3 is 5.97 Å². The molecule has 0 heterocycles. The summed E-state index contributed by atoms with van der Waals surface area (Å²) < 4.78 is 29.6. The van der Waals surface area contributed by atoms with Gasteiger partial charge in [-0.3, -0.25) is 0 Å². The zero-order chi connectivity index (χ0) is 22.9. The number of rotatable bonds is 9. The smallest absolute Gasteiger partial charge is 0.372 e. The van der Waals surface area contributed by atoms with E-state index in [-0.39, 0.29) is 19.0 Å². The summed E-state index contributed by atoms with van der Waals surface area (Å²) in [6, 6.07) is 16.7. The third kappa shape index (κ3) is 6.31. The monoisotopic (exact) mass is 437 g/mol. The van der Waals surface area contributed by atoms with Crippen molar-refractivity contribution in [2.75, 3.05) is 13.7 Å². The van der Waals surface area contributed by atoms with Crippen molar-refractivity contribution < 1.29 is 28.2 Å². The van der Waals surface area contributed by atoms with Crippen LogP contribution in [0.4, 0.5) is 4.39 Å². The Morgan fingerprint density at radius 2 is 1.78 bits per heavy atom. The Kier molecular flexibility index (Phi) is 7.80. The number of benzene rings is 3. The quantitative estimate of drug-likeness (QED) is 0.268. The first-order valence-corrected chi connectivity index (χ1v) is 9.94. The minimum absolute atomic E-state index is 0.208. The first-order valence-electron chi connectivity index (χ1n) is 9.94. The number of aryl methyl sites for hydroxylation is 1. The van der Waals surface area contributed by atoms with Crippen LogP contribution in [0.25, 0.3) is 0 Å². The first-order chi connectivity index (χ1) is 15.5. The van der Waals surface area contributed by atoms with Crippen LogP contribution in [-0.4, -0.2) is 25.9 Å². The van der Waals surface area contributed by atoms with Crippen molar-refractivity contribution >= 4 is 12.2 Å². The largest absolute Gasteiger partial charge is 0.496 e. The second-order valence-electron chi connectivity index (χ2n) is 7.00. The van der Waals surface area contributed by atoms with E-state index in [2.05, 4.69) is 5.16 Å². The third-order valence-electron chi connectivity index (χ3n) is 4.77. The van der Waals surface area contributed by atoms with Crippen LogP contribution in [0.2, 0.25) is 0 Å². The van der Waals surface area contributed by atoms with E-state index in [0.717, 1.165) is 16.7 Å². The molecule has 7 heteroatoms. The molecule has 0 saturated carbocycles. The molecule has 3 aromatic carbocycles. The summed E-state index contributed by atoms with van der Waals surface area (Å²) in [4.78, 5) is 16.8. The maximum atomic E-state index is 13.0. The van der Waals surface area contributed by atoms with E-state index in [4.69, 9.17) is 19.0 Å². The van der Waals surface area contributed by atoms with Gasteiger partial charge in [0.1, 0.15) is 29.7 Å². The van der Waals surface area contributed by atoms with E-state index in [0.29, 0.717) is 22.8 Å². The topological polar surface area (TPSA) is 66.4 Å². The van der Waals surface area contributed by atoms with Crippen LogP contribution in [0.5, 0.6) is 17.2 Å². The van der Waals surface area contributed by atoms with Gasteiger partial charge in [0, 0.05) is 5.56 Å². The van der Waals surface area contributed by atoms with Crippen LogP contribution in [0.3, 0.4) is 0 Å². The Bertz CT molecular complexity index is 1100. The summed E-state index contributed by atoms with van der Waals surface area (Å²) in [6.45, 7) is 3.86. The van der Waals surface area contributed by atoms with Gasteiger partial charge in [-0.25, -0.2) is 9.18 Å². The minimum Gasteiger partial charge on any atom is -0.496 e. The van der Waals surface area contributed by atoms with Crippen LogP contribution in [0.1, 0.15) is 22.3 Å². The number of hydrogen-bond donors (Lipinski definition) is 0. The van der Waals surface area contributed by atoms with Crippen molar-refractivity contribution in [2.45, 2.75) is 20.5 Å². The maximum absolute atomic E-state index is 13.0. The molecule has 0 aliphatic carbocycles. The number of oxime groups is 1. The lowest BCUT2D eigenvalue weighted by Crippen LogP contribution is -2.13. The predicted molar refractivity (Wildman–Crippen MR) is 119 cm³/mol. The molecule has 0 aliphatic rings. The number of methoxy groups -OCH3 is 1. The lowest BCUT2D eigenvalue weighted by molar-refractivity contribution is -0.145. The molecule has 0 aliphatic heterocycles. The zero-order valence-corrected chi connectivity index (χ0v) is 18.1. The molecule has 3 aromatic rings. The highest BCUT2D eigenvalue weighted by Gasteiger charge is 2.08. The van der Waals surface area contributed by atoms with Crippen molar-refractivity contribution in [3.05, 3.63) is 88.7 Å². The van der Waals surface area contributed by atoms with E-state index in [1.54, 1.807) is 43.5 Å². The van der Waals surface area contributed by atoms with Gasteiger partial charge in [0.25, 0.3) is 0 Å². The number of carbonyl (C=O) groups is 1. The molecule has 0 aromatic heterocycles. The van der Waals surface area contributed by atoms with Crippen LogP contribution >= 0.6 is 0 Å². The average molecular weight is 437 g/mol. The molecule has 0 atom stereocenters. The highest BCUT2D eigenvalue weighted by Crippen LogP contribution is 2.22. The number of ether oxygens (including phenoxy) is 3. The Balaban J connectivity index is 1.56. The van der Waals surface area contributed by atoms with Gasteiger partial charge in [-0.15, -0.1) is 0 Å². The summed E-state index contributed by atoms with van der Waals surface area (Å²) in [7, 11) is 1.56. The van der Waals surface area contributed by atoms with Crippen LogP contribution in [-0.2, 0) is 16.2 Å². The summed E-state index contributed by atoms with van der Waals surface area (Å²) in [5.41, 5.74) is 3.49. The summed E-state index contributed by atoms with van der Waals surface area (Å²) >= 11 is 0.